The number of hydrogen-bond donors (Lipinski definition) is 1. The molecule has 0 radical (unpaired) electrons. The second-order valence-electron chi connectivity index (χ2n) is 6.14. The van der Waals surface area contributed by atoms with Gasteiger partial charge in [-0.15, -0.1) is 0 Å². The maximum atomic E-state index is 12.9. The van der Waals surface area contributed by atoms with Crippen LogP contribution in [0.5, 0.6) is 0 Å². The standard InChI is InChI=1S/C18H19N3O3S/c19-18-17-7-2-1-4-14(17)13-21(18)15-5-3-6-16(12-15)25(22,23)20-8-10-24-11-9-20/h1-7,12,19H,8-11,13H2/p+1. The Balaban J connectivity index is 1.70. The van der Waals surface area contributed by atoms with Crippen LogP contribution < -0.4 is 5.73 Å². The van der Waals surface area contributed by atoms with Gasteiger partial charge in [0.25, 0.3) is 5.84 Å². The van der Waals surface area contributed by atoms with Gasteiger partial charge in [-0.05, 0) is 18.2 Å². The van der Waals surface area contributed by atoms with Crippen LogP contribution in [0.1, 0.15) is 11.1 Å². The summed E-state index contributed by atoms with van der Waals surface area (Å²) in [7, 11) is -3.52. The van der Waals surface area contributed by atoms with Crippen LogP contribution in [-0.4, -0.2) is 49.4 Å². The second kappa shape index (κ2) is 6.25. The average Bonchev–Trinajstić information content (AvgIpc) is 3.00. The molecule has 2 heterocycles. The summed E-state index contributed by atoms with van der Waals surface area (Å²) in [4.78, 5) is 0.288. The third kappa shape index (κ3) is 2.84. The van der Waals surface area contributed by atoms with E-state index < -0.39 is 10.0 Å². The lowest BCUT2D eigenvalue weighted by Gasteiger charge is -2.26. The van der Waals surface area contributed by atoms with Crippen LogP contribution in [-0.2, 0) is 21.3 Å². The van der Waals surface area contributed by atoms with Gasteiger partial charge in [-0.1, -0.05) is 24.3 Å². The highest BCUT2D eigenvalue weighted by atomic mass is 32.2. The summed E-state index contributed by atoms with van der Waals surface area (Å²) >= 11 is 0. The number of nitrogens with two attached hydrogens (primary N) is 1. The Hall–Kier alpha value is -2.22. The van der Waals surface area contributed by atoms with Gasteiger partial charge in [-0.3, -0.25) is 5.73 Å². The molecule has 130 valence electrons. The smallest absolute Gasteiger partial charge is 0.280 e. The number of fused-ring (bicyclic) bond motifs is 1. The van der Waals surface area contributed by atoms with Crippen molar-refractivity contribution in [1.82, 2.24) is 4.31 Å². The fourth-order valence-corrected chi connectivity index (χ4v) is 4.74. The minimum Gasteiger partial charge on any atom is -0.379 e. The molecule has 2 aliphatic heterocycles. The first kappa shape index (κ1) is 16.3. The fraction of sp³-hybridized carbons (Fsp3) is 0.278. The van der Waals surface area contributed by atoms with Gasteiger partial charge >= 0.3 is 0 Å². The van der Waals surface area contributed by atoms with Gasteiger partial charge < -0.3 is 4.74 Å². The van der Waals surface area contributed by atoms with E-state index in [1.165, 1.54) is 4.31 Å². The number of ether oxygens (including phenoxy) is 1. The monoisotopic (exact) mass is 358 g/mol. The van der Waals surface area contributed by atoms with Gasteiger partial charge in [0.15, 0.2) is 0 Å². The fourth-order valence-electron chi connectivity index (χ4n) is 3.29. The molecular weight excluding hydrogens is 338 g/mol. The Morgan fingerprint density at radius 2 is 1.80 bits per heavy atom. The normalized spacial score (nSPS) is 18.4. The maximum absolute atomic E-state index is 12.9. The van der Waals surface area contributed by atoms with Gasteiger partial charge in [-0.2, -0.15) is 4.31 Å². The number of sulfonamides is 1. The maximum Gasteiger partial charge on any atom is 0.280 e. The molecule has 2 aromatic carbocycles. The van der Waals surface area contributed by atoms with Crippen molar-refractivity contribution in [2.45, 2.75) is 11.4 Å². The lowest BCUT2D eigenvalue weighted by Crippen LogP contribution is -2.40. The molecule has 25 heavy (non-hydrogen) atoms. The Morgan fingerprint density at radius 1 is 1.04 bits per heavy atom. The number of rotatable bonds is 3. The number of hydrogen-bond acceptors (Lipinski definition) is 4. The van der Waals surface area contributed by atoms with E-state index in [0.717, 1.165) is 16.8 Å². The summed E-state index contributed by atoms with van der Waals surface area (Å²) in [5.41, 5.74) is 9.22. The molecule has 0 spiro atoms. The van der Waals surface area contributed by atoms with Gasteiger partial charge in [0, 0.05) is 24.7 Å². The summed E-state index contributed by atoms with van der Waals surface area (Å²) in [6.45, 7) is 2.27. The lowest BCUT2D eigenvalue weighted by molar-refractivity contribution is -0.453. The van der Waals surface area contributed by atoms with E-state index in [2.05, 4.69) is 0 Å². The second-order valence-corrected chi connectivity index (χ2v) is 8.08. The van der Waals surface area contributed by atoms with Crippen molar-refractivity contribution < 1.29 is 17.7 Å². The molecule has 4 rings (SSSR count). The van der Waals surface area contributed by atoms with Crippen LogP contribution in [0.3, 0.4) is 0 Å². The first-order valence-electron chi connectivity index (χ1n) is 8.23. The molecule has 0 amide bonds. The zero-order valence-electron chi connectivity index (χ0n) is 13.8. The van der Waals surface area contributed by atoms with Crippen LogP contribution >= 0.6 is 0 Å². The average molecular weight is 358 g/mol. The summed E-state index contributed by atoms with van der Waals surface area (Å²) in [6.07, 6.45) is 0. The molecule has 0 saturated carbocycles. The number of benzene rings is 2. The summed E-state index contributed by atoms with van der Waals surface area (Å²) in [6, 6.07) is 14.9. The molecule has 6 nitrogen and oxygen atoms in total. The molecule has 2 aromatic rings. The van der Waals surface area contributed by atoms with Crippen molar-refractivity contribution in [1.29, 1.82) is 0 Å². The number of nitrogens with zero attached hydrogens (tertiary/aromatic N) is 2. The van der Waals surface area contributed by atoms with Crippen molar-refractivity contribution in [3.63, 3.8) is 0 Å². The summed E-state index contributed by atoms with van der Waals surface area (Å²) < 4.78 is 34.4. The van der Waals surface area contributed by atoms with E-state index in [-0.39, 0.29) is 4.90 Å². The molecule has 0 unspecified atom stereocenters. The van der Waals surface area contributed by atoms with Crippen molar-refractivity contribution in [3.8, 4) is 0 Å². The van der Waals surface area contributed by atoms with Gasteiger partial charge in [-0.25, -0.2) is 13.0 Å². The first-order chi connectivity index (χ1) is 12.1. The Bertz CT molecular complexity index is 948. The molecule has 0 aromatic heterocycles. The van der Waals surface area contributed by atoms with E-state index in [9.17, 15) is 8.42 Å². The van der Waals surface area contributed by atoms with E-state index in [0.29, 0.717) is 38.7 Å². The summed E-state index contributed by atoms with van der Waals surface area (Å²) in [5.74, 6) is 0.650. The topological polar surface area (TPSA) is 75.6 Å². The molecule has 0 bridgehead atoms. The zero-order valence-corrected chi connectivity index (χ0v) is 14.6. The largest absolute Gasteiger partial charge is 0.379 e. The Kier molecular flexibility index (Phi) is 4.07. The van der Waals surface area contributed by atoms with Gasteiger partial charge in [0.2, 0.25) is 10.0 Å². The van der Waals surface area contributed by atoms with Crippen LogP contribution in [0.15, 0.2) is 53.4 Å². The predicted octanol–water partition coefficient (Wildman–Crippen LogP) is 1.27. The van der Waals surface area contributed by atoms with Crippen molar-refractivity contribution in [2.24, 2.45) is 5.73 Å². The first-order valence-corrected chi connectivity index (χ1v) is 9.67. The third-order valence-electron chi connectivity index (χ3n) is 4.65. The molecule has 0 atom stereocenters. The number of amidine groups is 1. The quantitative estimate of drug-likeness (QED) is 0.839. The molecule has 2 aliphatic rings. The molecule has 1 saturated heterocycles. The van der Waals surface area contributed by atoms with Crippen LogP contribution in [0.25, 0.3) is 0 Å². The van der Waals surface area contributed by atoms with Gasteiger partial charge in [0.1, 0.15) is 12.2 Å². The highest BCUT2D eigenvalue weighted by Gasteiger charge is 2.29. The summed E-state index contributed by atoms with van der Waals surface area (Å²) in [5, 5.41) is 0. The van der Waals surface area contributed by atoms with Crippen molar-refractivity contribution in [3.05, 3.63) is 59.7 Å². The Labute approximate surface area is 147 Å². The minimum absolute atomic E-state index is 0.288. The highest BCUT2D eigenvalue weighted by Crippen LogP contribution is 2.27. The predicted molar refractivity (Wildman–Crippen MR) is 94.4 cm³/mol. The van der Waals surface area contributed by atoms with Crippen molar-refractivity contribution >= 4 is 21.5 Å². The van der Waals surface area contributed by atoms with E-state index >= 15 is 0 Å². The molecule has 2 N–H and O–H groups in total. The van der Waals surface area contributed by atoms with E-state index in [4.69, 9.17) is 10.5 Å². The Morgan fingerprint density at radius 3 is 2.56 bits per heavy atom. The third-order valence-corrected chi connectivity index (χ3v) is 6.54. The zero-order chi connectivity index (χ0) is 17.4. The highest BCUT2D eigenvalue weighted by molar-refractivity contribution is 7.89. The molecule has 1 fully saturated rings. The van der Waals surface area contributed by atoms with E-state index in [1.807, 2.05) is 34.9 Å². The molecule has 0 aliphatic carbocycles. The molecule has 7 heteroatoms. The SMILES string of the molecule is NC1=[N+](c2cccc(S(=O)(=O)N3CCOCC3)c2)Cc2ccccc21. The minimum atomic E-state index is -3.52. The lowest BCUT2D eigenvalue weighted by atomic mass is 10.1. The van der Waals surface area contributed by atoms with Crippen LogP contribution in [0, 0.1) is 0 Å². The van der Waals surface area contributed by atoms with E-state index in [1.54, 1.807) is 18.2 Å². The van der Waals surface area contributed by atoms with Gasteiger partial charge in [0.05, 0.1) is 23.7 Å². The van der Waals surface area contributed by atoms with Crippen LogP contribution in [0.2, 0.25) is 0 Å². The van der Waals surface area contributed by atoms with Crippen molar-refractivity contribution in [2.75, 3.05) is 26.3 Å². The number of morpholine rings is 1. The van der Waals surface area contributed by atoms with Crippen LogP contribution in [0.4, 0.5) is 5.69 Å². The molecular formula is C18H20N3O3S+.